The van der Waals surface area contributed by atoms with Crippen molar-refractivity contribution in [1.29, 1.82) is 0 Å². The summed E-state index contributed by atoms with van der Waals surface area (Å²) < 4.78 is 5.65. The molecule has 0 aliphatic heterocycles. The molecule has 2 aromatic carbocycles. The molecule has 0 fully saturated rings. The van der Waals surface area contributed by atoms with Crippen LogP contribution in [0, 0.1) is 0 Å². The normalized spacial score (nSPS) is 11.5. The van der Waals surface area contributed by atoms with Gasteiger partial charge in [-0.1, -0.05) is 41.9 Å². The van der Waals surface area contributed by atoms with Crippen molar-refractivity contribution in [3.63, 3.8) is 0 Å². The van der Waals surface area contributed by atoms with E-state index in [2.05, 4.69) is 5.32 Å². The number of hydrogen-bond donors (Lipinski definition) is 1. The number of likely N-dealkylation sites (N-methyl/N-ethyl adjacent to an activating group) is 1. The van der Waals surface area contributed by atoms with Crippen LogP contribution in [0.5, 0.6) is 5.75 Å². The molecule has 0 aliphatic rings. The van der Waals surface area contributed by atoms with Gasteiger partial charge in [0.05, 0.1) is 6.61 Å². The lowest BCUT2D eigenvalue weighted by atomic mass is 10.1. The monoisotopic (exact) mass is 402 g/mol. The van der Waals surface area contributed by atoms with Gasteiger partial charge in [0.2, 0.25) is 11.8 Å². The van der Waals surface area contributed by atoms with Crippen LogP contribution in [-0.2, 0) is 16.1 Å². The number of amides is 2. The van der Waals surface area contributed by atoms with Crippen molar-refractivity contribution in [3.8, 4) is 5.75 Å². The van der Waals surface area contributed by atoms with E-state index < -0.39 is 6.04 Å². The largest absolute Gasteiger partial charge is 0.494 e. The third-order valence-corrected chi connectivity index (χ3v) is 4.58. The zero-order valence-corrected chi connectivity index (χ0v) is 17.1. The molecule has 150 valence electrons. The summed E-state index contributed by atoms with van der Waals surface area (Å²) in [5.41, 5.74) is 0.925. The van der Waals surface area contributed by atoms with E-state index in [0.717, 1.165) is 11.3 Å². The molecule has 2 rings (SSSR count). The van der Waals surface area contributed by atoms with E-state index in [1.807, 2.05) is 49.4 Å². The van der Waals surface area contributed by atoms with Gasteiger partial charge in [0.1, 0.15) is 11.8 Å². The van der Waals surface area contributed by atoms with Crippen molar-refractivity contribution in [2.24, 2.45) is 0 Å². The minimum atomic E-state index is -0.557. The summed E-state index contributed by atoms with van der Waals surface area (Å²) in [5, 5.41) is 3.42. The molecule has 1 unspecified atom stereocenters. The lowest BCUT2D eigenvalue weighted by Gasteiger charge is -2.28. The zero-order valence-electron chi connectivity index (χ0n) is 16.4. The molecule has 0 heterocycles. The van der Waals surface area contributed by atoms with E-state index in [4.69, 9.17) is 16.3 Å². The smallest absolute Gasteiger partial charge is 0.242 e. The number of para-hydroxylation sites is 1. The second-order valence-corrected chi connectivity index (χ2v) is 6.92. The Balaban J connectivity index is 1.96. The number of rotatable bonds is 10. The Morgan fingerprint density at radius 1 is 1.11 bits per heavy atom. The molecule has 2 aromatic rings. The van der Waals surface area contributed by atoms with E-state index in [-0.39, 0.29) is 11.8 Å². The Hall–Kier alpha value is -2.53. The first-order valence-electron chi connectivity index (χ1n) is 9.50. The average Bonchev–Trinajstić information content (AvgIpc) is 2.71. The van der Waals surface area contributed by atoms with E-state index >= 15 is 0 Å². The molecule has 2 amide bonds. The fourth-order valence-corrected chi connectivity index (χ4v) is 2.89. The Labute approximate surface area is 171 Å². The van der Waals surface area contributed by atoms with Crippen LogP contribution < -0.4 is 10.1 Å². The summed E-state index contributed by atoms with van der Waals surface area (Å²) in [7, 11) is 0. The Kier molecular flexibility index (Phi) is 8.82. The highest BCUT2D eigenvalue weighted by Gasteiger charge is 2.25. The molecule has 0 spiro atoms. The summed E-state index contributed by atoms with van der Waals surface area (Å²) >= 11 is 5.94. The Morgan fingerprint density at radius 3 is 2.43 bits per heavy atom. The molecule has 0 radical (unpaired) electrons. The van der Waals surface area contributed by atoms with Crippen LogP contribution in [0.15, 0.2) is 54.6 Å². The van der Waals surface area contributed by atoms with Gasteiger partial charge in [0.25, 0.3) is 0 Å². The van der Waals surface area contributed by atoms with Gasteiger partial charge >= 0.3 is 0 Å². The lowest BCUT2D eigenvalue weighted by molar-refractivity contribution is -0.140. The van der Waals surface area contributed by atoms with Crippen molar-refractivity contribution in [1.82, 2.24) is 10.2 Å². The molecule has 0 bridgehead atoms. The van der Waals surface area contributed by atoms with Crippen molar-refractivity contribution >= 4 is 23.4 Å². The Bertz CT molecular complexity index is 750. The number of hydrogen-bond acceptors (Lipinski definition) is 3. The minimum absolute atomic E-state index is 0.0784. The van der Waals surface area contributed by atoms with Gasteiger partial charge in [-0.2, -0.15) is 0 Å². The summed E-state index contributed by atoms with van der Waals surface area (Å²) in [5.74, 6) is 0.541. The van der Waals surface area contributed by atoms with Gasteiger partial charge in [-0.25, -0.2) is 0 Å². The lowest BCUT2D eigenvalue weighted by Crippen LogP contribution is -2.47. The predicted molar refractivity (Wildman–Crippen MR) is 111 cm³/mol. The molecular formula is C22H27ClN2O3. The molecule has 5 nitrogen and oxygen atoms in total. The van der Waals surface area contributed by atoms with Crippen LogP contribution in [0.4, 0.5) is 0 Å². The third kappa shape index (κ3) is 6.89. The van der Waals surface area contributed by atoms with E-state index in [9.17, 15) is 9.59 Å². The van der Waals surface area contributed by atoms with E-state index in [1.54, 1.807) is 24.0 Å². The molecule has 0 aromatic heterocycles. The predicted octanol–water partition coefficient (Wildman–Crippen LogP) is 4.05. The second-order valence-electron chi connectivity index (χ2n) is 6.48. The highest BCUT2D eigenvalue weighted by Crippen LogP contribution is 2.15. The molecule has 0 aliphatic carbocycles. The molecule has 1 N–H and O–H groups in total. The van der Waals surface area contributed by atoms with Crippen molar-refractivity contribution < 1.29 is 14.3 Å². The third-order valence-electron chi connectivity index (χ3n) is 4.33. The van der Waals surface area contributed by atoms with E-state index in [1.165, 1.54) is 0 Å². The summed E-state index contributed by atoms with van der Waals surface area (Å²) in [4.78, 5) is 26.7. The number of benzene rings is 2. The zero-order chi connectivity index (χ0) is 20.4. The maximum absolute atomic E-state index is 12.8. The highest BCUT2D eigenvalue weighted by atomic mass is 35.5. The molecular weight excluding hydrogens is 376 g/mol. The van der Waals surface area contributed by atoms with Crippen LogP contribution >= 0.6 is 11.6 Å². The standard InChI is InChI=1S/C22H27ClN2O3/c1-3-24-22(27)17(2)25(16-18-11-13-19(23)14-12-18)21(26)10-7-15-28-20-8-5-4-6-9-20/h4-6,8-9,11-14,17H,3,7,10,15-16H2,1-2H3,(H,24,27). The van der Waals surface area contributed by atoms with Gasteiger partial charge in [0.15, 0.2) is 0 Å². The topological polar surface area (TPSA) is 58.6 Å². The first-order valence-corrected chi connectivity index (χ1v) is 9.88. The van der Waals surface area contributed by atoms with Crippen molar-refractivity contribution in [2.75, 3.05) is 13.2 Å². The highest BCUT2D eigenvalue weighted by molar-refractivity contribution is 6.30. The molecule has 6 heteroatoms. The first kappa shape index (κ1) is 21.8. The maximum atomic E-state index is 12.8. The quantitative estimate of drug-likeness (QED) is 0.610. The summed E-state index contributed by atoms with van der Waals surface area (Å²) in [6.07, 6.45) is 0.886. The second kappa shape index (κ2) is 11.3. The number of nitrogens with zero attached hydrogens (tertiary/aromatic N) is 1. The van der Waals surface area contributed by atoms with Crippen LogP contribution in [0.25, 0.3) is 0 Å². The molecule has 1 atom stereocenters. The fourth-order valence-electron chi connectivity index (χ4n) is 2.76. The van der Waals surface area contributed by atoms with Gasteiger partial charge in [-0.15, -0.1) is 0 Å². The molecule has 0 saturated heterocycles. The fraction of sp³-hybridized carbons (Fsp3) is 0.364. The average molecular weight is 403 g/mol. The van der Waals surface area contributed by atoms with Crippen molar-refractivity contribution in [3.05, 3.63) is 65.2 Å². The molecule has 28 heavy (non-hydrogen) atoms. The van der Waals surface area contributed by atoms with Gasteiger partial charge in [-0.3, -0.25) is 9.59 Å². The SMILES string of the molecule is CCNC(=O)C(C)N(Cc1ccc(Cl)cc1)C(=O)CCCOc1ccccc1. The number of carbonyl (C=O) groups excluding carboxylic acids is 2. The van der Waals surface area contributed by atoms with Crippen LogP contribution in [0.1, 0.15) is 32.3 Å². The Morgan fingerprint density at radius 2 is 1.79 bits per heavy atom. The van der Waals surface area contributed by atoms with Gasteiger partial charge in [0, 0.05) is 24.5 Å². The minimum Gasteiger partial charge on any atom is -0.494 e. The molecule has 0 saturated carbocycles. The maximum Gasteiger partial charge on any atom is 0.242 e. The van der Waals surface area contributed by atoms with Crippen LogP contribution in [0.2, 0.25) is 5.02 Å². The number of carbonyl (C=O) groups is 2. The van der Waals surface area contributed by atoms with Crippen LogP contribution in [0.3, 0.4) is 0 Å². The number of ether oxygens (including phenoxy) is 1. The van der Waals surface area contributed by atoms with Gasteiger partial charge in [-0.05, 0) is 50.1 Å². The number of halogens is 1. The first-order chi connectivity index (χ1) is 13.5. The number of nitrogens with one attached hydrogen (secondary N) is 1. The van der Waals surface area contributed by atoms with Crippen molar-refractivity contribution in [2.45, 2.75) is 39.3 Å². The summed E-state index contributed by atoms with van der Waals surface area (Å²) in [6.45, 7) is 4.93. The summed E-state index contributed by atoms with van der Waals surface area (Å²) in [6, 6.07) is 16.2. The van der Waals surface area contributed by atoms with Crippen LogP contribution in [-0.4, -0.2) is 35.9 Å². The van der Waals surface area contributed by atoms with E-state index in [0.29, 0.717) is 37.6 Å². The van der Waals surface area contributed by atoms with Gasteiger partial charge < -0.3 is 15.0 Å².